The van der Waals surface area contributed by atoms with Crippen LogP contribution < -0.4 is 0 Å². The molecule has 2 aliphatic carbocycles. The summed E-state index contributed by atoms with van der Waals surface area (Å²) in [6.07, 6.45) is 5.08. The van der Waals surface area contributed by atoms with Crippen LogP contribution in [-0.2, 0) is 0 Å². The van der Waals surface area contributed by atoms with Gasteiger partial charge in [-0.15, -0.1) is 0 Å². The molecule has 0 aromatic heterocycles. The first kappa shape index (κ1) is 6.17. The molecule has 0 spiro atoms. The Morgan fingerprint density at radius 3 is 3.10 bits per heavy atom. The maximum absolute atomic E-state index is 9.24. The lowest BCUT2D eigenvalue weighted by molar-refractivity contribution is 0.209. The van der Waals surface area contributed by atoms with Crippen LogP contribution in [0.15, 0.2) is 23.8 Å². The van der Waals surface area contributed by atoms with Crippen LogP contribution in [0, 0.1) is 5.92 Å². The molecule has 1 saturated carbocycles. The maximum Gasteiger partial charge on any atom is 0.0732 e. The van der Waals surface area contributed by atoms with Gasteiger partial charge in [-0.25, -0.2) is 0 Å². The van der Waals surface area contributed by atoms with Crippen molar-refractivity contribution >= 4 is 0 Å². The van der Waals surface area contributed by atoms with Crippen LogP contribution in [0.3, 0.4) is 0 Å². The van der Waals surface area contributed by atoms with Gasteiger partial charge in [0, 0.05) is 0 Å². The van der Waals surface area contributed by atoms with Gasteiger partial charge in [-0.3, -0.25) is 0 Å². The fourth-order valence-corrected chi connectivity index (χ4v) is 2.00. The highest BCUT2D eigenvalue weighted by molar-refractivity contribution is 5.39. The lowest BCUT2D eigenvalue weighted by Crippen LogP contribution is -1.99. The summed E-state index contributed by atoms with van der Waals surface area (Å²) in [5, 5.41) is 9.24. The van der Waals surface area contributed by atoms with Crippen molar-refractivity contribution in [1.82, 2.24) is 0 Å². The number of rotatable bonds is 0. The third-order valence-corrected chi connectivity index (χ3v) is 2.54. The van der Waals surface area contributed by atoms with Gasteiger partial charge in [0.1, 0.15) is 0 Å². The second-order valence-corrected chi connectivity index (χ2v) is 3.26. The third-order valence-electron chi connectivity index (χ3n) is 2.54. The van der Waals surface area contributed by atoms with E-state index in [0.717, 1.165) is 12.8 Å². The largest absolute Gasteiger partial charge is 0.389 e. The van der Waals surface area contributed by atoms with Crippen molar-refractivity contribution in [2.75, 3.05) is 0 Å². The molecule has 10 heavy (non-hydrogen) atoms. The topological polar surface area (TPSA) is 20.2 Å². The van der Waals surface area contributed by atoms with Gasteiger partial charge in [-0.05, 0) is 30.8 Å². The van der Waals surface area contributed by atoms with Crippen LogP contribution >= 0.6 is 0 Å². The Morgan fingerprint density at radius 2 is 2.40 bits per heavy atom. The van der Waals surface area contributed by atoms with Crippen molar-refractivity contribution in [3.05, 3.63) is 23.8 Å². The molecule has 0 amide bonds. The van der Waals surface area contributed by atoms with Gasteiger partial charge < -0.3 is 5.11 Å². The Bertz CT molecular complexity index is 203. The number of aliphatic hydroxyl groups excluding tert-OH is 1. The monoisotopic (exact) mass is 136 g/mol. The number of fused-ring (bicyclic) bond motifs is 1. The summed E-state index contributed by atoms with van der Waals surface area (Å²) < 4.78 is 0. The lowest BCUT2D eigenvalue weighted by Gasteiger charge is -2.01. The maximum atomic E-state index is 9.24. The van der Waals surface area contributed by atoms with E-state index in [4.69, 9.17) is 0 Å². The molecule has 2 atom stereocenters. The summed E-state index contributed by atoms with van der Waals surface area (Å²) in [4.78, 5) is 0. The number of hydrogen-bond donors (Lipinski definition) is 1. The first-order valence-electron chi connectivity index (χ1n) is 3.85. The standard InChI is InChI=1S/C9H12O/c1-6-2-3-7-4-8(10)5-9(6)7/h5,7-8,10H,1-4H2/t7-,8+/m1/s1. The summed E-state index contributed by atoms with van der Waals surface area (Å²) in [5.41, 5.74) is 2.59. The van der Waals surface area contributed by atoms with Crippen molar-refractivity contribution in [2.24, 2.45) is 5.92 Å². The number of hydrogen-bond acceptors (Lipinski definition) is 1. The molecule has 0 heterocycles. The first-order chi connectivity index (χ1) is 4.77. The third kappa shape index (κ3) is 0.739. The number of allylic oxidation sites excluding steroid dienone is 2. The minimum atomic E-state index is -0.183. The fourth-order valence-electron chi connectivity index (χ4n) is 2.00. The molecule has 1 nitrogen and oxygen atoms in total. The highest BCUT2D eigenvalue weighted by atomic mass is 16.3. The Labute approximate surface area is 61.1 Å². The van der Waals surface area contributed by atoms with Gasteiger partial charge in [-0.2, -0.15) is 0 Å². The summed E-state index contributed by atoms with van der Waals surface area (Å²) >= 11 is 0. The Kier molecular flexibility index (Phi) is 1.21. The van der Waals surface area contributed by atoms with E-state index in [9.17, 15) is 5.11 Å². The molecule has 1 fully saturated rings. The van der Waals surface area contributed by atoms with Crippen molar-refractivity contribution in [1.29, 1.82) is 0 Å². The second kappa shape index (κ2) is 1.96. The van der Waals surface area contributed by atoms with Gasteiger partial charge in [0.15, 0.2) is 0 Å². The van der Waals surface area contributed by atoms with E-state index < -0.39 is 0 Å². The van der Waals surface area contributed by atoms with Crippen LogP contribution in [-0.4, -0.2) is 11.2 Å². The van der Waals surface area contributed by atoms with Gasteiger partial charge in [0.05, 0.1) is 6.10 Å². The second-order valence-electron chi connectivity index (χ2n) is 3.26. The fraction of sp³-hybridized carbons (Fsp3) is 0.556. The predicted octanol–water partition coefficient (Wildman–Crippen LogP) is 1.64. The molecule has 0 aromatic rings. The average molecular weight is 136 g/mol. The van der Waals surface area contributed by atoms with Crippen LogP contribution in [0.4, 0.5) is 0 Å². The normalized spacial score (nSPS) is 38.1. The molecule has 0 radical (unpaired) electrons. The predicted molar refractivity (Wildman–Crippen MR) is 40.6 cm³/mol. The molecule has 2 rings (SSSR count). The highest BCUT2D eigenvalue weighted by Crippen LogP contribution is 2.42. The molecule has 54 valence electrons. The van der Waals surface area contributed by atoms with Crippen molar-refractivity contribution in [3.8, 4) is 0 Å². The minimum absolute atomic E-state index is 0.183. The van der Waals surface area contributed by atoms with Crippen LogP contribution in [0.1, 0.15) is 19.3 Å². The van der Waals surface area contributed by atoms with Gasteiger partial charge >= 0.3 is 0 Å². The van der Waals surface area contributed by atoms with E-state index in [1.54, 1.807) is 0 Å². The molecule has 0 aromatic carbocycles. The Balaban J connectivity index is 2.29. The Morgan fingerprint density at radius 1 is 1.60 bits per heavy atom. The quantitative estimate of drug-likeness (QED) is 0.536. The van der Waals surface area contributed by atoms with Crippen molar-refractivity contribution < 1.29 is 5.11 Å². The van der Waals surface area contributed by atoms with E-state index >= 15 is 0 Å². The van der Waals surface area contributed by atoms with E-state index in [0.29, 0.717) is 5.92 Å². The van der Waals surface area contributed by atoms with Gasteiger partial charge in [0.25, 0.3) is 0 Å². The number of aliphatic hydroxyl groups is 1. The molecule has 1 heteroatoms. The zero-order chi connectivity index (χ0) is 7.14. The van der Waals surface area contributed by atoms with Crippen molar-refractivity contribution in [3.63, 3.8) is 0 Å². The first-order valence-corrected chi connectivity index (χ1v) is 3.85. The molecule has 0 bridgehead atoms. The molecule has 0 unspecified atom stereocenters. The molecular formula is C9H12O. The average Bonchev–Trinajstić information content (AvgIpc) is 2.35. The van der Waals surface area contributed by atoms with E-state index in [1.807, 2.05) is 6.08 Å². The van der Waals surface area contributed by atoms with E-state index in [-0.39, 0.29) is 6.10 Å². The van der Waals surface area contributed by atoms with Crippen LogP contribution in [0.25, 0.3) is 0 Å². The van der Waals surface area contributed by atoms with Crippen LogP contribution in [0.5, 0.6) is 0 Å². The summed E-state index contributed by atoms with van der Waals surface area (Å²) in [5.74, 6) is 0.641. The van der Waals surface area contributed by atoms with Gasteiger partial charge in [0.2, 0.25) is 0 Å². The highest BCUT2D eigenvalue weighted by Gasteiger charge is 2.30. The lowest BCUT2D eigenvalue weighted by atomic mass is 10.0. The summed E-state index contributed by atoms with van der Waals surface area (Å²) in [7, 11) is 0. The minimum Gasteiger partial charge on any atom is -0.389 e. The molecule has 1 N–H and O–H groups in total. The zero-order valence-corrected chi connectivity index (χ0v) is 6.01. The van der Waals surface area contributed by atoms with Crippen LogP contribution in [0.2, 0.25) is 0 Å². The summed E-state index contributed by atoms with van der Waals surface area (Å²) in [6, 6.07) is 0. The Hall–Kier alpha value is -0.560. The molecule has 2 aliphatic rings. The SMILES string of the molecule is C=C1CC[C@@H]2C[C@H](O)C=C12. The van der Waals surface area contributed by atoms with E-state index in [1.165, 1.54) is 17.6 Å². The molecule has 0 saturated heterocycles. The molecule has 0 aliphatic heterocycles. The zero-order valence-electron chi connectivity index (χ0n) is 6.01. The van der Waals surface area contributed by atoms with Gasteiger partial charge in [-0.1, -0.05) is 18.2 Å². The van der Waals surface area contributed by atoms with Crippen molar-refractivity contribution in [2.45, 2.75) is 25.4 Å². The summed E-state index contributed by atoms with van der Waals surface area (Å²) in [6.45, 7) is 3.95. The van der Waals surface area contributed by atoms with E-state index in [2.05, 4.69) is 6.58 Å². The smallest absolute Gasteiger partial charge is 0.0732 e. The molecular weight excluding hydrogens is 124 g/mol.